The molecule has 19 heavy (non-hydrogen) atoms. The van der Waals surface area contributed by atoms with Gasteiger partial charge in [-0.15, -0.1) is 0 Å². The highest BCUT2D eigenvalue weighted by molar-refractivity contribution is 5.43. The van der Waals surface area contributed by atoms with Gasteiger partial charge in [-0.25, -0.2) is 0 Å². The molecule has 0 saturated heterocycles. The molecule has 1 unspecified atom stereocenters. The Bertz CT molecular complexity index is 340. The van der Waals surface area contributed by atoms with E-state index in [9.17, 15) is 0 Å². The summed E-state index contributed by atoms with van der Waals surface area (Å²) < 4.78 is 11.4. The number of ether oxygens (including phenoxy) is 2. The zero-order valence-corrected chi connectivity index (χ0v) is 13.0. The lowest BCUT2D eigenvalue weighted by molar-refractivity contribution is 0.178. The predicted octanol–water partition coefficient (Wildman–Crippen LogP) is 3.79. The van der Waals surface area contributed by atoms with Crippen molar-refractivity contribution >= 4 is 0 Å². The second kappa shape index (κ2) is 10.7. The van der Waals surface area contributed by atoms with Crippen molar-refractivity contribution in [2.75, 3.05) is 14.2 Å². The van der Waals surface area contributed by atoms with Gasteiger partial charge in [-0.1, -0.05) is 33.3 Å². The number of benzene rings is 1. The highest BCUT2D eigenvalue weighted by Crippen LogP contribution is 2.30. The topological polar surface area (TPSA) is 44.5 Å². The molecule has 0 fully saturated rings. The molecule has 0 bridgehead atoms. The van der Waals surface area contributed by atoms with Crippen molar-refractivity contribution in [2.24, 2.45) is 5.73 Å². The summed E-state index contributed by atoms with van der Waals surface area (Å²) >= 11 is 0. The minimum absolute atomic E-state index is 0.293. The molecule has 0 aliphatic heterocycles. The molecule has 0 aliphatic carbocycles. The Labute approximate surface area is 118 Å². The molecule has 0 heterocycles. The van der Waals surface area contributed by atoms with E-state index in [4.69, 9.17) is 9.47 Å². The van der Waals surface area contributed by atoms with Crippen LogP contribution in [0.1, 0.15) is 45.6 Å². The van der Waals surface area contributed by atoms with Gasteiger partial charge in [-0.3, -0.25) is 0 Å². The van der Waals surface area contributed by atoms with Crippen LogP contribution in [0.4, 0.5) is 0 Å². The van der Waals surface area contributed by atoms with Crippen LogP contribution in [0, 0.1) is 0 Å². The molecule has 1 atom stereocenters. The van der Waals surface area contributed by atoms with Crippen LogP contribution < -0.4 is 15.2 Å². The zero-order chi connectivity index (χ0) is 14.7. The molecule has 0 aliphatic rings. The van der Waals surface area contributed by atoms with Gasteiger partial charge in [0, 0.05) is 0 Å². The zero-order valence-electron chi connectivity index (χ0n) is 13.0. The van der Waals surface area contributed by atoms with E-state index in [2.05, 4.69) is 38.6 Å². The maximum atomic E-state index is 6.04. The van der Waals surface area contributed by atoms with Crippen molar-refractivity contribution < 1.29 is 9.47 Å². The number of nitrogens with two attached hydrogens (primary N) is 1. The first-order valence-electron chi connectivity index (χ1n) is 7.16. The lowest BCUT2D eigenvalue weighted by Crippen LogP contribution is -2.15. The molecule has 2 N–H and O–H groups in total. The number of hydrogen-bond acceptors (Lipinski definition) is 3. The maximum absolute atomic E-state index is 6.04. The Morgan fingerprint density at radius 2 is 1.79 bits per heavy atom. The van der Waals surface area contributed by atoms with Crippen LogP contribution in [0.15, 0.2) is 18.2 Å². The van der Waals surface area contributed by atoms with Gasteiger partial charge < -0.3 is 15.2 Å². The van der Waals surface area contributed by atoms with Crippen molar-refractivity contribution in [1.29, 1.82) is 0 Å². The van der Waals surface area contributed by atoms with E-state index >= 15 is 0 Å². The number of rotatable bonds is 7. The average molecular weight is 267 g/mol. The third-order valence-corrected chi connectivity index (χ3v) is 3.00. The predicted molar refractivity (Wildman–Crippen MR) is 82.1 cm³/mol. The minimum atomic E-state index is 0.293. The van der Waals surface area contributed by atoms with Crippen molar-refractivity contribution in [2.45, 2.75) is 52.6 Å². The Morgan fingerprint density at radius 3 is 2.26 bits per heavy atom. The Hall–Kier alpha value is -1.22. The molecule has 1 rings (SSSR count). The summed E-state index contributed by atoms with van der Waals surface area (Å²) in [7, 11) is 3.19. The summed E-state index contributed by atoms with van der Waals surface area (Å²) in [4.78, 5) is 0. The summed E-state index contributed by atoms with van der Waals surface area (Å²) in [5.74, 6) is 1.71. The SMILES string of the molecule is CCCC(CC)Oc1cc(CC)ccc1OC.CN. The lowest BCUT2D eigenvalue weighted by Gasteiger charge is -2.19. The van der Waals surface area contributed by atoms with Gasteiger partial charge in [0.15, 0.2) is 11.5 Å². The molecule has 3 heteroatoms. The third-order valence-electron chi connectivity index (χ3n) is 3.00. The molecular formula is C16H29NO2. The highest BCUT2D eigenvalue weighted by atomic mass is 16.5. The second-order valence-corrected chi connectivity index (χ2v) is 4.28. The fourth-order valence-electron chi connectivity index (χ4n) is 1.88. The second-order valence-electron chi connectivity index (χ2n) is 4.28. The summed E-state index contributed by atoms with van der Waals surface area (Å²) in [6.07, 6.45) is 4.59. The molecular weight excluding hydrogens is 238 g/mol. The Balaban J connectivity index is 0.00000154. The van der Waals surface area contributed by atoms with Crippen LogP contribution in [-0.2, 0) is 6.42 Å². The number of methoxy groups -OCH3 is 1. The van der Waals surface area contributed by atoms with Gasteiger partial charge in [0.2, 0.25) is 0 Å². The number of aryl methyl sites for hydroxylation is 1. The fourth-order valence-corrected chi connectivity index (χ4v) is 1.88. The van der Waals surface area contributed by atoms with E-state index in [0.29, 0.717) is 6.10 Å². The molecule has 0 radical (unpaired) electrons. The van der Waals surface area contributed by atoms with Gasteiger partial charge >= 0.3 is 0 Å². The molecule has 1 aromatic carbocycles. The van der Waals surface area contributed by atoms with Crippen LogP contribution in [0.2, 0.25) is 0 Å². The molecule has 0 amide bonds. The van der Waals surface area contributed by atoms with Gasteiger partial charge in [0.05, 0.1) is 13.2 Å². The van der Waals surface area contributed by atoms with E-state index in [0.717, 1.165) is 37.2 Å². The molecule has 3 nitrogen and oxygen atoms in total. The van der Waals surface area contributed by atoms with E-state index in [1.807, 2.05) is 6.07 Å². The van der Waals surface area contributed by atoms with Gasteiger partial charge in [0.25, 0.3) is 0 Å². The average Bonchev–Trinajstić information content (AvgIpc) is 2.48. The normalized spacial score (nSPS) is 11.3. The lowest BCUT2D eigenvalue weighted by atomic mass is 10.1. The van der Waals surface area contributed by atoms with E-state index in [-0.39, 0.29) is 0 Å². The summed E-state index contributed by atoms with van der Waals surface area (Å²) in [6.45, 7) is 6.50. The van der Waals surface area contributed by atoms with Gasteiger partial charge in [-0.05, 0) is 44.0 Å². The van der Waals surface area contributed by atoms with Gasteiger partial charge in [0.1, 0.15) is 0 Å². The third kappa shape index (κ3) is 5.97. The highest BCUT2D eigenvalue weighted by Gasteiger charge is 2.11. The quantitative estimate of drug-likeness (QED) is 0.817. The van der Waals surface area contributed by atoms with Crippen molar-refractivity contribution in [3.63, 3.8) is 0 Å². The summed E-state index contributed by atoms with van der Waals surface area (Å²) in [5.41, 5.74) is 5.78. The van der Waals surface area contributed by atoms with Crippen molar-refractivity contribution in [3.05, 3.63) is 23.8 Å². The van der Waals surface area contributed by atoms with Crippen molar-refractivity contribution in [3.8, 4) is 11.5 Å². The Morgan fingerprint density at radius 1 is 1.11 bits per heavy atom. The fraction of sp³-hybridized carbons (Fsp3) is 0.625. The van der Waals surface area contributed by atoms with Crippen LogP contribution in [0.25, 0.3) is 0 Å². The molecule has 0 aromatic heterocycles. The maximum Gasteiger partial charge on any atom is 0.161 e. The van der Waals surface area contributed by atoms with Crippen LogP contribution in [0.5, 0.6) is 11.5 Å². The summed E-state index contributed by atoms with van der Waals surface area (Å²) in [5, 5.41) is 0. The summed E-state index contributed by atoms with van der Waals surface area (Å²) in [6, 6.07) is 6.18. The molecule has 0 saturated carbocycles. The van der Waals surface area contributed by atoms with Gasteiger partial charge in [-0.2, -0.15) is 0 Å². The molecule has 0 spiro atoms. The van der Waals surface area contributed by atoms with Crippen LogP contribution in [0.3, 0.4) is 0 Å². The largest absolute Gasteiger partial charge is 0.493 e. The van der Waals surface area contributed by atoms with E-state index < -0.39 is 0 Å². The standard InChI is InChI=1S/C15H24O2.CH5N/c1-5-8-13(7-3)17-15-11-12(6-2)9-10-14(15)16-4;1-2/h9-11,13H,5-8H2,1-4H3;2H2,1H3. The monoisotopic (exact) mass is 267 g/mol. The molecule has 1 aromatic rings. The van der Waals surface area contributed by atoms with Crippen molar-refractivity contribution in [1.82, 2.24) is 0 Å². The smallest absolute Gasteiger partial charge is 0.161 e. The van der Waals surface area contributed by atoms with Crippen LogP contribution >= 0.6 is 0 Å². The van der Waals surface area contributed by atoms with Crippen LogP contribution in [-0.4, -0.2) is 20.3 Å². The van der Waals surface area contributed by atoms with E-state index in [1.54, 1.807) is 7.11 Å². The minimum Gasteiger partial charge on any atom is -0.493 e. The first-order chi connectivity index (χ1) is 9.24. The Kier molecular flexibility index (Phi) is 9.99. The first kappa shape index (κ1) is 17.8. The molecule has 110 valence electrons. The number of hydrogen-bond donors (Lipinski definition) is 1. The van der Waals surface area contributed by atoms with E-state index in [1.165, 1.54) is 12.6 Å². The first-order valence-corrected chi connectivity index (χ1v) is 7.16.